The molecule has 7 heteroatoms. The van der Waals surface area contributed by atoms with E-state index in [0.717, 1.165) is 5.01 Å². The van der Waals surface area contributed by atoms with Crippen LogP contribution in [0, 0.1) is 0 Å². The van der Waals surface area contributed by atoms with Gasteiger partial charge in [-0.25, -0.2) is 4.98 Å². The maximum Gasteiger partial charge on any atom is 0.181 e. The zero-order valence-electron chi connectivity index (χ0n) is 8.75. The Balaban J connectivity index is 2.11. The molecule has 0 aromatic carbocycles. The van der Waals surface area contributed by atoms with Crippen LogP contribution in [0.5, 0.6) is 0 Å². The zero-order chi connectivity index (χ0) is 11.5. The number of rotatable bonds is 4. The molecular formula is C9H11N5OS. The van der Waals surface area contributed by atoms with Crippen LogP contribution < -0.4 is 5.73 Å². The fourth-order valence-corrected chi connectivity index (χ4v) is 1.97. The molecule has 0 unspecified atom stereocenters. The number of ketones is 1. The van der Waals surface area contributed by atoms with Crippen molar-refractivity contribution in [1.82, 2.24) is 20.0 Å². The Kier molecular flexibility index (Phi) is 2.95. The number of carbonyl (C=O) groups is 1. The molecule has 84 valence electrons. The number of nitrogens with two attached hydrogens (primary N) is 1. The molecule has 0 spiro atoms. The van der Waals surface area contributed by atoms with Crippen LogP contribution in [0.15, 0.2) is 11.6 Å². The molecule has 0 radical (unpaired) electrons. The average Bonchev–Trinajstić information content (AvgIpc) is 2.87. The predicted molar refractivity (Wildman–Crippen MR) is 60.3 cm³/mol. The quantitative estimate of drug-likeness (QED) is 0.800. The monoisotopic (exact) mass is 237 g/mol. The van der Waals surface area contributed by atoms with E-state index in [4.69, 9.17) is 5.73 Å². The molecule has 0 atom stereocenters. The Morgan fingerprint density at radius 1 is 1.62 bits per heavy atom. The van der Waals surface area contributed by atoms with Crippen molar-refractivity contribution in [2.45, 2.75) is 19.9 Å². The smallest absolute Gasteiger partial charge is 0.181 e. The van der Waals surface area contributed by atoms with Crippen molar-refractivity contribution in [2.24, 2.45) is 0 Å². The summed E-state index contributed by atoms with van der Waals surface area (Å²) in [4.78, 5) is 17.0. The molecule has 0 amide bonds. The van der Waals surface area contributed by atoms with Crippen molar-refractivity contribution < 1.29 is 4.79 Å². The summed E-state index contributed by atoms with van der Waals surface area (Å²) < 4.78 is 0. The van der Waals surface area contributed by atoms with E-state index in [1.165, 1.54) is 22.3 Å². The molecule has 0 saturated carbocycles. The van der Waals surface area contributed by atoms with E-state index in [2.05, 4.69) is 15.2 Å². The van der Waals surface area contributed by atoms with Gasteiger partial charge < -0.3 is 5.73 Å². The van der Waals surface area contributed by atoms with Crippen LogP contribution in [0.2, 0.25) is 0 Å². The van der Waals surface area contributed by atoms with Gasteiger partial charge in [0.15, 0.2) is 11.6 Å². The van der Waals surface area contributed by atoms with Gasteiger partial charge in [0.25, 0.3) is 0 Å². The van der Waals surface area contributed by atoms with Crippen molar-refractivity contribution in [1.29, 1.82) is 0 Å². The third kappa shape index (κ3) is 2.25. The maximum atomic E-state index is 11.4. The highest BCUT2D eigenvalue weighted by Gasteiger charge is 2.09. The second kappa shape index (κ2) is 4.40. The highest BCUT2D eigenvalue weighted by atomic mass is 32.1. The average molecular weight is 237 g/mol. The minimum absolute atomic E-state index is 0.0513. The number of anilines is 1. The first-order chi connectivity index (χ1) is 7.69. The number of thiazole rings is 1. The van der Waals surface area contributed by atoms with Crippen LogP contribution in [0.4, 0.5) is 5.82 Å². The fraction of sp³-hybridized carbons (Fsp3) is 0.333. The van der Waals surface area contributed by atoms with Crippen LogP contribution in [-0.4, -0.2) is 25.8 Å². The summed E-state index contributed by atoms with van der Waals surface area (Å²) in [6.45, 7) is 2.26. The van der Waals surface area contributed by atoms with E-state index >= 15 is 0 Å². The summed E-state index contributed by atoms with van der Waals surface area (Å²) in [5.41, 5.74) is 5.96. The van der Waals surface area contributed by atoms with E-state index < -0.39 is 0 Å². The highest BCUT2D eigenvalue weighted by Crippen LogP contribution is 2.12. The second-order valence-corrected chi connectivity index (χ2v) is 4.15. The molecule has 0 aliphatic rings. The van der Waals surface area contributed by atoms with Gasteiger partial charge in [-0.1, -0.05) is 6.92 Å². The molecule has 0 saturated heterocycles. The Morgan fingerprint density at radius 3 is 3.06 bits per heavy atom. The van der Waals surface area contributed by atoms with Crippen molar-refractivity contribution in [3.05, 3.63) is 22.3 Å². The molecule has 2 aromatic heterocycles. The van der Waals surface area contributed by atoms with Crippen LogP contribution in [0.3, 0.4) is 0 Å². The standard InChI is InChI=1S/C9H11N5OS/c1-2-7(15)6-5-16-9(12-6)4-14-11-3-8(10)13-14/h3,5H,2,4H2,1H3,(H2,10,13). The second-order valence-electron chi connectivity index (χ2n) is 3.20. The fourth-order valence-electron chi connectivity index (χ4n) is 1.20. The van der Waals surface area contributed by atoms with Gasteiger partial charge in [-0.2, -0.15) is 9.90 Å². The first-order valence-corrected chi connectivity index (χ1v) is 5.70. The Bertz CT molecular complexity index is 503. The van der Waals surface area contributed by atoms with Gasteiger partial charge in [0.1, 0.15) is 17.2 Å². The van der Waals surface area contributed by atoms with E-state index in [0.29, 0.717) is 24.5 Å². The van der Waals surface area contributed by atoms with Crippen molar-refractivity contribution in [2.75, 3.05) is 5.73 Å². The number of nitrogen functional groups attached to an aromatic ring is 1. The highest BCUT2D eigenvalue weighted by molar-refractivity contribution is 7.09. The van der Waals surface area contributed by atoms with Crippen LogP contribution in [0.25, 0.3) is 0 Å². The van der Waals surface area contributed by atoms with Crippen molar-refractivity contribution in [3.63, 3.8) is 0 Å². The third-order valence-electron chi connectivity index (χ3n) is 1.99. The number of carbonyl (C=O) groups excluding carboxylic acids is 1. The summed E-state index contributed by atoms with van der Waals surface area (Å²) in [7, 11) is 0. The molecule has 0 aliphatic heterocycles. The maximum absolute atomic E-state index is 11.4. The molecule has 2 rings (SSSR count). The van der Waals surface area contributed by atoms with E-state index in [1.54, 1.807) is 5.38 Å². The molecule has 0 aliphatic carbocycles. The number of hydrogen-bond acceptors (Lipinski definition) is 6. The molecule has 2 heterocycles. The lowest BCUT2D eigenvalue weighted by Crippen LogP contribution is -2.05. The van der Waals surface area contributed by atoms with Gasteiger partial charge in [-0.3, -0.25) is 4.79 Å². The molecule has 0 bridgehead atoms. The summed E-state index contributed by atoms with van der Waals surface area (Å²) in [6, 6.07) is 0. The minimum atomic E-state index is 0.0513. The lowest BCUT2D eigenvalue weighted by atomic mass is 10.2. The van der Waals surface area contributed by atoms with Crippen molar-refractivity contribution >= 4 is 22.9 Å². The Morgan fingerprint density at radius 2 is 2.44 bits per heavy atom. The summed E-state index contributed by atoms with van der Waals surface area (Å²) in [6.07, 6.45) is 1.95. The van der Waals surface area contributed by atoms with Crippen LogP contribution in [0.1, 0.15) is 28.8 Å². The topological polar surface area (TPSA) is 86.7 Å². The molecule has 0 fully saturated rings. The number of nitrogens with zero attached hydrogens (tertiary/aromatic N) is 4. The minimum Gasteiger partial charge on any atom is -0.381 e. The molecule has 16 heavy (non-hydrogen) atoms. The summed E-state index contributed by atoms with van der Waals surface area (Å²) in [5, 5.41) is 10.4. The summed E-state index contributed by atoms with van der Waals surface area (Å²) in [5.74, 6) is 0.428. The van der Waals surface area contributed by atoms with Crippen molar-refractivity contribution in [3.8, 4) is 0 Å². The summed E-state index contributed by atoms with van der Waals surface area (Å²) >= 11 is 1.42. The van der Waals surface area contributed by atoms with Gasteiger partial charge in [-0.05, 0) is 0 Å². The number of aromatic nitrogens is 4. The van der Waals surface area contributed by atoms with Gasteiger partial charge in [-0.15, -0.1) is 16.4 Å². The Hall–Kier alpha value is -1.76. The normalized spacial score (nSPS) is 10.6. The first kappa shape index (κ1) is 10.7. The largest absolute Gasteiger partial charge is 0.381 e. The Labute approximate surface area is 96.1 Å². The molecule has 6 nitrogen and oxygen atoms in total. The SMILES string of the molecule is CCC(=O)c1csc(Cn2ncc(N)n2)n1. The van der Waals surface area contributed by atoms with Crippen LogP contribution >= 0.6 is 11.3 Å². The van der Waals surface area contributed by atoms with Gasteiger partial charge in [0, 0.05) is 11.8 Å². The van der Waals surface area contributed by atoms with Gasteiger partial charge >= 0.3 is 0 Å². The third-order valence-corrected chi connectivity index (χ3v) is 2.82. The lowest BCUT2D eigenvalue weighted by Gasteiger charge is -1.94. The number of hydrogen-bond donors (Lipinski definition) is 1. The predicted octanol–water partition coefficient (Wildman–Crippen LogP) is 0.958. The van der Waals surface area contributed by atoms with E-state index in [9.17, 15) is 4.79 Å². The molecular weight excluding hydrogens is 226 g/mol. The molecule has 2 N–H and O–H groups in total. The van der Waals surface area contributed by atoms with Gasteiger partial charge in [0.05, 0.1) is 6.20 Å². The van der Waals surface area contributed by atoms with E-state index in [-0.39, 0.29) is 5.78 Å². The van der Waals surface area contributed by atoms with Crippen LogP contribution in [-0.2, 0) is 6.54 Å². The zero-order valence-corrected chi connectivity index (χ0v) is 9.57. The van der Waals surface area contributed by atoms with E-state index in [1.807, 2.05) is 6.92 Å². The number of Topliss-reactive ketones (excluding diaryl/α,β-unsaturated/α-hetero) is 1. The van der Waals surface area contributed by atoms with Gasteiger partial charge in [0.2, 0.25) is 0 Å². The molecule has 2 aromatic rings. The first-order valence-electron chi connectivity index (χ1n) is 4.82. The lowest BCUT2D eigenvalue weighted by molar-refractivity contribution is 0.0984.